The molecule has 1 fully saturated rings. The minimum atomic E-state index is -0.710. The lowest BCUT2D eigenvalue weighted by molar-refractivity contribution is 0.0532. The second-order valence-electron chi connectivity index (χ2n) is 8.39. The molecule has 1 aliphatic heterocycles. The molecular weight excluding hydrogens is 477 g/mol. The highest BCUT2D eigenvalue weighted by Gasteiger charge is 2.28. The SMILES string of the molecule is N#Cc1ccccc1C(=O)N1CCN(C(=O)c2cc(Oc3n[nH]c(=O)c4ccccc34)ccc2F)CC1. The summed E-state index contributed by atoms with van der Waals surface area (Å²) in [5.41, 5.74) is 0.0474. The quantitative estimate of drug-likeness (QED) is 0.462. The molecule has 1 aromatic heterocycles. The van der Waals surface area contributed by atoms with Crippen molar-refractivity contribution in [2.24, 2.45) is 0 Å². The zero-order chi connectivity index (χ0) is 25.9. The van der Waals surface area contributed by atoms with Crippen LogP contribution in [0.2, 0.25) is 0 Å². The number of piperazine rings is 1. The van der Waals surface area contributed by atoms with Gasteiger partial charge < -0.3 is 14.5 Å². The maximum Gasteiger partial charge on any atom is 0.272 e. The van der Waals surface area contributed by atoms with Crippen molar-refractivity contribution in [3.63, 3.8) is 0 Å². The Labute approximate surface area is 210 Å². The van der Waals surface area contributed by atoms with E-state index in [0.29, 0.717) is 16.3 Å². The Bertz CT molecular complexity index is 1620. The van der Waals surface area contributed by atoms with Crippen molar-refractivity contribution in [1.82, 2.24) is 20.0 Å². The zero-order valence-electron chi connectivity index (χ0n) is 19.5. The van der Waals surface area contributed by atoms with Gasteiger partial charge in [0.2, 0.25) is 5.88 Å². The van der Waals surface area contributed by atoms with Crippen LogP contribution in [0.25, 0.3) is 10.8 Å². The van der Waals surface area contributed by atoms with E-state index in [4.69, 9.17) is 4.74 Å². The molecule has 184 valence electrons. The van der Waals surface area contributed by atoms with Crippen LogP contribution in [0.4, 0.5) is 4.39 Å². The molecule has 0 radical (unpaired) electrons. The molecule has 0 aliphatic carbocycles. The number of amides is 2. The second kappa shape index (κ2) is 9.91. The number of H-pyrrole nitrogens is 1. The van der Waals surface area contributed by atoms with Crippen LogP contribution in [0.1, 0.15) is 26.3 Å². The molecule has 1 saturated heterocycles. The Kier molecular flexibility index (Phi) is 6.34. The van der Waals surface area contributed by atoms with Crippen LogP contribution in [0, 0.1) is 17.1 Å². The van der Waals surface area contributed by atoms with Crippen molar-refractivity contribution in [2.75, 3.05) is 26.2 Å². The summed E-state index contributed by atoms with van der Waals surface area (Å²) in [6.45, 7) is 0.900. The fourth-order valence-electron chi connectivity index (χ4n) is 4.23. The van der Waals surface area contributed by atoms with Crippen molar-refractivity contribution in [2.45, 2.75) is 0 Å². The molecule has 3 aromatic carbocycles. The maximum atomic E-state index is 14.7. The summed E-state index contributed by atoms with van der Waals surface area (Å²) < 4.78 is 20.5. The van der Waals surface area contributed by atoms with E-state index in [2.05, 4.69) is 10.2 Å². The molecule has 0 unspecified atom stereocenters. The Balaban J connectivity index is 1.31. The van der Waals surface area contributed by atoms with Crippen molar-refractivity contribution in [1.29, 1.82) is 5.26 Å². The monoisotopic (exact) mass is 497 g/mol. The van der Waals surface area contributed by atoms with E-state index in [1.807, 2.05) is 6.07 Å². The fourth-order valence-corrected chi connectivity index (χ4v) is 4.23. The first-order valence-corrected chi connectivity index (χ1v) is 11.5. The number of hydrogen-bond acceptors (Lipinski definition) is 6. The molecule has 9 nitrogen and oxygen atoms in total. The molecular formula is C27H20FN5O4. The van der Waals surface area contributed by atoms with Crippen LogP contribution in [0.3, 0.4) is 0 Å². The van der Waals surface area contributed by atoms with E-state index in [0.717, 1.165) is 6.07 Å². The number of aromatic amines is 1. The number of rotatable bonds is 4. The molecule has 0 spiro atoms. The molecule has 37 heavy (non-hydrogen) atoms. The van der Waals surface area contributed by atoms with Crippen LogP contribution in [0.15, 0.2) is 71.5 Å². The van der Waals surface area contributed by atoms with Crippen molar-refractivity contribution in [3.05, 3.63) is 99.6 Å². The smallest absolute Gasteiger partial charge is 0.272 e. The van der Waals surface area contributed by atoms with E-state index in [-0.39, 0.29) is 60.4 Å². The van der Waals surface area contributed by atoms with Gasteiger partial charge in [0.1, 0.15) is 11.6 Å². The molecule has 2 amide bonds. The predicted octanol–water partition coefficient (Wildman–Crippen LogP) is 3.32. The van der Waals surface area contributed by atoms with E-state index in [9.17, 15) is 24.0 Å². The standard InChI is InChI=1S/C27H20FN5O4/c28-23-10-9-18(37-25-21-8-4-3-7-20(21)24(34)30-31-25)15-22(23)27(36)33-13-11-32(12-14-33)26(35)19-6-2-1-5-17(19)16-29/h1-10,15H,11-14H2,(H,30,34). The molecule has 1 N–H and O–H groups in total. The number of aromatic nitrogens is 2. The third kappa shape index (κ3) is 4.62. The third-order valence-corrected chi connectivity index (χ3v) is 6.18. The summed E-state index contributed by atoms with van der Waals surface area (Å²) in [6.07, 6.45) is 0. The average Bonchev–Trinajstić information content (AvgIpc) is 2.95. The molecule has 2 heterocycles. The van der Waals surface area contributed by atoms with Crippen LogP contribution in [0.5, 0.6) is 11.6 Å². The highest BCUT2D eigenvalue weighted by molar-refractivity contribution is 5.97. The van der Waals surface area contributed by atoms with Gasteiger partial charge in [0.05, 0.1) is 33.5 Å². The van der Waals surface area contributed by atoms with Crippen LogP contribution < -0.4 is 10.3 Å². The van der Waals surface area contributed by atoms with E-state index >= 15 is 0 Å². The van der Waals surface area contributed by atoms with Gasteiger partial charge >= 0.3 is 0 Å². The van der Waals surface area contributed by atoms with Gasteiger partial charge in [-0.05, 0) is 42.5 Å². The Hall–Kier alpha value is -5.04. The maximum absolute atomic E-state index is 14.7. The summed E-state index contributed by atoms with van der Waals surface area (Å²) in [4.78, 5) is 41.1. The number of fused-ring (bicyclic) bond motifs is 1. The molecule has 5 rings (SSSR count). The summed E-state index contributed by atoms with van der Waals surface area (Å²) in [7, 11) is 0. The van der Waals surface area contributed by atoms with Gasteiger partial charge in [0, 0.05) is 26.2 Å². The van der Waals surface area contributed by atoms with Gasteiger partial charge in [0.25, 0.3) is 17.4 Å². The topological polar surface area (TPSA) is 119 Å². The third-order valence-electron chi connectivity index (χ3n) is 6.18. The number of hydrogen-bond donors (Lipinski definition) is 1. The second-order valence-corrected chi connectivity index (χ2v) is 8.39. The highest BCUT2D eigenvalue weighted by atomic mass is 19.1. The Morgan fingerprint density at radius 2 is 1.51 bits per heavy atom. The minimum absolute atomic E-state index is 0.116. The predicted molar refractivity (Wildman–Crippen MR) is 132 cm³/mol. The summed E-state index contributed by atoms with van der Waals surface area (Å²) in [5, 5.41) is 16.4. The number of carbonyl (C=O) groups is 2. The zero-order valence-corrected chi connectivity index (χ0v) is 19.5. The van der Waals surface area contributed by atoms with E-state index in [1.54, 1.807) is 53.4 Å². The van der Waals surface area contributed by atoms with Crippen LogP contribution in [-0.2, 0) is 0 Å². The first-order valence-electron chi connectivity index (χ1n) is 11.5. The van der Waals surface area contributed by atoms with Crippen molar-refractivity contribution >= 4 is 22.6 Å². The lowest BCUT2D eigenvalue weighted by atomic mass is 10.1. The largest absolute Gasteiger partial charge is 0.437 e. The molecule has 10 heteroatoms. The molecule has 0 saturated carbocycles. The van der Waals surface area contributed by atoms with Crippen LogP contribution >= 0.6 is 0 Å². The fraction of sp³-hybridized carbons (Fsp3) is 0.148. The van der Waals surface area contributed by atoms with Crippen LogP contribution in [-0.4, -0.2) is 58.0 Å². The first-order chi connectivity index (χ1) is 18.0. The number of halogens is 1. The van der Waals surface area contributed by atoms with E-state index < -0.39 is 11.7 Å². The summed E-state index contributed by atoms with van der Waals surface area (Å²) in [6, 6.07) is 19.1. The number of nitriles is 1. The Morgan fingerprint density at radius 1 is 0.892 bits per heavy atom. The van der Waals surface area contributed by atoms with Gasteiger partial charge in [-0.25, -0.2) is 9.49 Å². The summed E-state index contributed by atoms with van der Waals surface area (Å²) in [5.74, 6) is -1.24. The van der Waals surface area contributed by atoms with Gasteiger partial charge in [0.15, 0.2) is 0 Å². The van der Waals surface area contributed by atoms with Gasteiger partial charge in [-0.3, -0.25) is 14.4 Å². The number of nitrogens with zero attached hydrogens (tertiary/aromatic N) is 4. The Morgan fingerprint density at radius 3 is 2.22 bits per heavy atom. The van der Waals surface area contributed by atoms with Gasteiger partial charge in [-0.2, -0.15) is 5.26 Å². The average molecular weight is 497 g/mol. The number of carbonyl (C=O) groups excluding carboxylic acids is 2. The highest BCUT2D eigenvalue weighted by Crippen LogP contribution is 2.27. The summed E-state index contributed by atoms with van der Waals surface area (Å²) >= 11 is 0. The first kappa shape index (κ1) is 23.7. The molecule has 1 aliphatic rings. The van der Waals surface area contributed by atoms with Crippen molar-refractivity contribution < 1.29 is 18.7 Å². The van der Waals surface area contributed by atoms with Crippen molar-refractivity contribution in [3.8, 4) is 17.7 Å². The van der Waals surface area contributed by atoms with E-state index in [1.165, 1.54) is 17.0 Å². The number of ether oxygens (including phenoxy) is 1. The van der Waals surface area contributed by atoms with Gasteiger partial charge in [-0.15, -0.1) is 5.10 Å². The molecule has 4 aromatic rings. The normalized spacial score (nSPS) is 13.3. The molecule has 0 atom stereocenters. The lowest BCUT2D eigenvalue weighted by Crippen LogP contribution is -2.50. The molecule has 0 bridgehead atoms. The lowest BCUT2D eigenvalue weighted by Gasteiger charge is -2.35. The number of benzene rings is 3. The number of nitrogens with one attached hydrogen (secondary N) is 1. The minimum Gasteiger partial charge on any atom is -0.437 e. The van der Waals surface area contributed by atoms with Gasteiger partial charge in [-0.1, -0.05) is 24.3 Å².